The van der Waals surface area contributed by atoms with Gasteiger partial charge in [-0.15, -0.1) is 0 Å². The zero-order chi connectivity index (χ0) is 17.9. The van der Waals surface area contributed by atoms with Gasteiger partial charge in [-0.2, -0.15) is 0 Å². The number of nitrogens with zero attached hydrogens (tertiary/aromatic N) is 3. The fraction of sp³-hybridized carbons (Fsp3) is 0.929. The summed E-state index contributed by atoms with van der Waals surface area (Å²) < 4.78 is 11.2. The van der Waals surface area contributed by atoms with Gasteiger partial charge in [0.25, 0.3) is 0 Å². The highest BCUT2D eigenvalue weighted by atomic mass is 16.7. The largest absolute Gasteiger partial charge is 0.388 e. The molecule has 10 nitrogen and oxygen atoms in total. The number of hydrogen-bond acceptors (Lipinski definition) is 7. The Kier molecular flexibility index (Phi) is 9.62. The third-order valence-corrected chi connectivity index (χ3v) is 3.78. The van der Waals surface area contributed by atoms with Crippen molar-refractivity contribution in [3.63, 3.8) is 0 Å². The smallest absolute Gasteiger partial charge is 0.217 e. The molecule has 0 aliphatic carbocycles. The first-order valence-electron chi connectivity index (χ1n) is 8.12. The van der Waals surface area contributed by atoms with Crippen molar-refractivity contribution in [2.24, 2.45) is 10.8 Å². The van der Waals surface area contributed by atoms with E-state index < -0.39 is 30.6 Å². The fourth-order valence-electron chi connectivity index (χ4n) is 2.53. The van der Waals surface area contributed by atoms with Crippen molar-refractivity contribution >= 4 is 5.91 Å². The third kappa shape index (κ3) is 6.60. The number of nitrogens with one attached hydrogen (secondary N) is 1. The molecule has 5 unspecified atom stereocenters. The topological polar surface area (TPSA) is 163 Å². The molecule has 1 aliphatic rings. The van der Waals surface area contributed by atoms with E-state index in [4.69, 9.17) is 20.7 Å². The summed E-state index contributed by atoms with van der Waals surface area (Å²) >= 11 is 0. The molecule has 1 saturated heterocycles. The predicted octanol–water partition coefficient (Wildman–Crippen LogP) is -0.216. The Morgan fingerprint density at radius 3 is 2.67 bits per heavy atom. The zero-order valence-corrected chi connectivity index (χ0v) is 13.9. The number of aliphatic hydroxyl groups is 2. The van der Waals surface area contributed by atoms with Gasteiger partial charge < -0.3 is 30.7 Å². The summed E-state index contributed by atoms with van der Waals surface area (Å²) in [6, 6.07) is -0.899. The molecule has 1 heterocycles. The van der Waals surface area contributed by atoms with Crippen molar-refractivity contribution in [3.05, 3.63) is 10.4 Å². The third-order valence-electron chi connectivity index (χ3n) is 3.78. The average Bonchev–Trinajstić information content (AvgIpc) is 2.55. The molecular formula is C14H27N5O5. The number of amides is 1. The molecule has 1 amide bonds. The number of carbonyl (C=O) groups is 1. The molecule has 0 saturated carbocycles. The Bertz CT molecular complexity index is 432. The number of ether oxygens (including phenoxy) is 2. The van der Waals surface area contributed by atoms with Crippen molar-refractivity contribution in [2.45, 2.75) is 63.3 Å². The van der Waals surface area contributed by atoms with Crippen LogP contribution in [0.5, 0.6) is 0 Å². The molecule has 0 radical (unpaired) electrons. The number of azide groups is 1. The van der Waals surface area contributed by atoms with Crippen LogP contribution in [-0.4, -0.2) is 66.5 Å². The summed E-state index contributed by atoms with van der Waals surface area (Å²) in [5.74, 6) is -0.375. The van der Waals surface area contributed by atoms with E-state index in [1.165, 1.54) is 6.92 Å². The molecule has 0 aromatic rings. The van der Waals surface area contributed by atoms with Gasteiger partial charge in [0, 0.05) is 18.4 Å². The molecule has 0 bridgehead atoms. The normalized spacial score (nSPS) is 29.8. The van der Waals surface area contributed by atoms with Gasteiger partial charge in [0.15, 0.2) is 6.29 Å². The van der Waals surface area contributed by atoms with Crippen LogP contribution in [-0.2, 0) is 14.3 Å². The number of hydrogen-bond donors (Lipinski definition) is 4. The monoisotopic (exact) mass is 345 g/mol. The maximum atomic E-state index is 11.3. The first kappa shape index (κ1) is 20.6. The number of rotatable bonds is 10. The first-order valence-corrected chi connectivity index (χ1v) is 8.12. The molecule has 1 rings (SSSR count). The Morgan fingerprint density at radius 2 is 2.04 bits per heavy atom. The Morgan fingerprint density at radius 1 is 1.33 bits per heavy atom. The summed E-state index contributed by atoms with van der Waals surface area (Å²) in [4.78, 5) is 13.9. The maximum absolute atomic E-state index is 11.3. The average molecular weight is 345 g/mol. The van der Waals surface area contributed by atoms with E-state index in [2.05, 4.69) is 15.3 Å². The summed E-state index contributed by atoms with van der Waals surface area (Å²) in [5, 5.41) is 26.2. The molecule has 10 heteroatoms. The number of unbranched alkanes of at least 4 members (excludes halogenated alkanes) is 3. The van der Waals surface area contributed by atoms with Gasteiger partial charge in [0.1, 0.15) is 18.2 Å². The van der Waals surface area contributed by atoms with Crippen LogP contribution in [0.15, 0.2) is 5.11 Å². The van der Waals surface area contributed by atoms with Crippen LogP contribution in [0.3, 0.4) is 0 Å². The van der Waals surface area contributed by atoms with Crippen LogP contribution in [0.25, 0.3) is 10.4 Å². The SMILES string of the molecule is CC(=O)NC1C(OCCCCCCN)OC(CN=[N+]=[N-])C(O)C1O. The summed E-state index contributed by atoms with van der Waals surface area (Å²) in [5.41, 5.74) is 13.8. The highest BCUT2D eigenvalue weighted by molar-refractivity contribution is 5.73. The molecule has 5 N–H and O–H groups in total. The zero-order valence-electron chi connectivity index (χ0n) is 13.9. The van der Waals surface area contributed by atoms with Gasteiger partial charge in [-0.1, -0.05) is 18.0 Å². The summed E-state index contributed by atoms with van der Waals surface area (Å²) in [7, 11) is 0. The minimum atomic E-state index is -1.29. The van der Waals surface area contributed by atoms with E-state index in [1.807, 2.05) is 0 Å². The molecule has 1 aliphatic heterocycles. The number of carbonyl (C=O) groups excluding carboxylic acids is 1. The van der Waals surface area contributed by atoms with E-state index in [1.54, 1.807) is 0 Å². The van der Waals surface area contributed by atoms with Crippen LogP contribution in [0.1, 0.15) is 32.6 Å². The Labute approximate surface area is 140 Å². The molecule has 5 atom stereocenters. The predicted molar refractivity (Wildman–Crippen MR) is 85.8 cm³/mol. The molecule has 0 aromatic heterocycles. The molecular weight excluding hydrogens is 318 g/mol. The van der Waals surface area contributed by atoms with Crippen LogP contribution < -0.4 is 11.1 Å². The maximum Gasteiger partial charge on any atom is 0.217 e. The van der Waals surface area contributed by atoms with Gasteiger partial charge in [-0.3, -0.25) is 4.79 Å². The Hall–Kier alpha value is -1.42. The molecule has 24 heavy (non-hydrogen) atoms. The highest BCUT2D eigenvalue weighted by Crippen LogP contribution is 2.23. The number of aliphatic hydroxyl groups excluding tert-OH is 2. The first-order chi connectivity index (χ1) is 11.5. The van der Waals surface area contributed by atoms with Gasteiger partial charge in [0.2, 0.25) is 5.91 Å². The van der Waals surface area contributed by atoms with Gasteiger partial charge in [-0.05, 0) is 24.9 Å². The summed E-state index contributed by atoms with van der Waals surface area (Å²) in [6.07, 6.45) is -0.729. The molecule has 0 spiro atoms. The van der Waals surface area contributed by atoms with E-state index in [-0.39, 0.29) is 12.5 Å². The van der Waals surface area contributed by atoms with Gasteiger partial charge in [0.05, 0.1) is 12.6 Å². The highest BCUT2D eigenvalue weighted by Gasteiger charge is 2.45. The van der Waals surface area contributed by atoms with Crippen LogP contribution in [0.2, 0.25) is 0 Å². The quantitative estimate of drug-likeness (QED) is 0.185. The molecule has 0 aromatic carbocycles. The second kappa shape index (κ2) is 11.2. The van der Waals surface area contributed by atoms with E-state index in [0.29, 0.717) is 13.2 Å². The lowest BCUT2D eigenvalue weighted by Gasteiger charge is -2.42. The van der Waals surface area contributed by atoms with Crippen LogP contribution in [0.4, 0.5) is 0 Å². The van der Waals surface area contributed by atoms with Crippen molar-refractivity contribution in [1.82, 2.24) is 5.32 Å². The lowest BCUT2D eigenvalue weighted by molar-refractivity contribution is -0.262. The van der Waals surface area contributed by atoms with Gasteiger partial charge in [-0.25, -0.2) is 0 Å². The van der Waals surface area contributed by atoms with Crippen molar-refractivity contribution in [1.29, 1.82) is 0 Å². The molecule has 138 valence electrons. The molecule has 1 fully saturated rings. The van der Waals surface area contributed by atoms with E-state index >= 15 is 0 Å². The standard InChI is InChI=1S/C14H27N5O5/c1-9(20)18-11-13(22)12(21)10(8-17-19-16)24-14(11)23-7-5-3-2-4-6-15/h10-14,21-22H,2-8,15H2,1H3,(H,18,20). The van der Waals surface area contributed by atoms with E-state index in [9.17, 15) is 15.0 Å². The van der Waals surface area contributed by atoms with Crippen molar-refractivity contribution in [2.75, 3.05) is 19.7 Å². The fourth-order valence-corrected chi connectivity index (χ4v) is 2.53. The lowest BCUT2D eigenvalue weighted by Crippen LogP contribution is -2.64. The second-order valence-electron chi connectivity index (χ2n) is 5.74. The lowest BCUT2D eigenvalue weighted by atomic mass is 9.96. The summed E-state index contributed by atoms with van der Waals surface area (Å²) in [6.45, 7) is 2.19. The second-order valence-corrected chi connectivity index (χ2v) is 5.74. The van der Waals surface area contributed by atoms with Gasteiger partial charge >= 0.3 is 0 Å². The van der Waals surface area contributed by atoms with Crippen LogP contribution in [0, 0.1) is 0 Å². The number of nitrogens with two attached hydrogens (primary N) is 1. The van der Waals surface area contributed by atoms with E-state index in [0.717, 1.165) is 25.7 Å². The minimum Gasteiger partial charge on any atom is -0.388 e. The van der Waals surface area contributed by atoms with Crippen LogP contribution >= 0.6 is 0 Å². The minimum absolute atomic E-state index is 0.141. The van der Waals surface area contributed by atoms with Crippen molar-refractivity contribution < 1.29 is 24.5 Å². The van der Waals surface area contributed by atoms with Crippen molar-refractivity contribution in [3.8, 4) is 0 Å². The Balaban J connectivity index is 2.62.